The molecule has 0 spiro atoms. The molecule has 108 valence electrons. The van der Waals surface area contributed by atoms with Gasteiger partial charge >= 0.3 is 0 Å². The number of hydrogen-bond donors (Lipinski definition) is 1. The first-order valence-electron chi connectivity index (χ1n) is 7.11. The van der Waals surface area contributed by atoms with Gasteiger partial charge in [-0.25, -0.2) is 4.98 Å². The van der Waals surface area contributed by atoms with Crippen molar-refractivity contribution in [3.05, 3.63) is 18.3 Å². The molecule has 0 bridgehead atoms. The van der Waals surface area contributed by atoms with Crippen LogP contribution in [-0.4, -0.2) is 53.0 Å². The third-order valence-corrected chi connectivity index (χ3v) is 5.28. The summed E-state index contributed by atoms with van der Waals surface area (Å²) in [4.78, 5) is 20.9. The lowest BCUT2D eigenvalue weighted by Gasteiger charge is -2.36. The molecule has 20 heavy (non-hydrogen) atoms. The first-order chi connectivity index (χ1) is 9.75. The molecule has 1 aromatic heterocycles. The Labute approximate surface area is 123 Å². The number of carbonyl (C=O) groups excluding carboxylic acids is 1. The molecule has 1 amide bonds. The van der Waals surface area contributed by atoms with Gasteiger partial charge in [0.15, 0.2) is 5.82 Å². The minimum Gasteiger partial charge on any atom is -0.396 e. The summed E-state index contributed by atoms with van der Waals surface area (Å²) in [5.74, 6) is 2.29. The molecule has 3 rings (SSSR count). The van der Waals surface area contributed by atoms with Crippen molar-refractivity contribution in [1.29, 1.82) is 0 Å². The lowest BCUT2D eigenvalue weighted by molar-refractivity contribution is -0.130. The fourth-order valence-corrected chi connectivity index (χ4v) is 4.03. The van der Waals surface area contributed by atoms with Gasteiger partial charge in [-0.15, -0.1) is 11.8 Å². The van der Waals surface area contributed by atoms with Crippen molar-refractivity contribution in [3.8, 4) is 0 Å². The average Bonchev–Trinajstić information content (AvgIpc) is 3.01. The molecule has 0 radical (unpaired) electrons. The van der Waals surface area contributed by atoms with Gasteiger partial charge in [-0.3, -0.25) is 4.79 Å². The number of rotatable bonds is 2. The Morgan fingerprint density at radius 1 is 1.35 bits per heavy atom. The third-order valence-electron chi connectivity index (χ3n) is 3.91. The average molecular weight is 292 g/mol. The summed E-state index contributed by atoms with van der Waals surface area (Å²) < 4.78 is 0. The van der Waals surface area contributed by atoms with Crippen LogP contribution in [0, 0.1) is 0 Å². The number of anilines is 2. The van der Waals surface area contributed by atoms with E-state index in [1.807, 2.05) is 17.0 Å². The van der Waals surface area contributed by atoms with Crippen LogP contribution in [0.3, 0.4) is 0 Å². The molecule has 1 aromatic rings. The van der Waals surface area contributed by atoms with E-state index in [-0.39, 0.29) is 5.25 Å². The van der Waals surface area contributed by atoms with Crippen LogP contribution in [0.5, 0.6) is 0 Å². The molecule has 6 heteroatoms. The van der Waals surface area contributed by atoms with Gasteiger partial charge < -0.3 is 15.5 Å². The summed E-state index contributed by atoms with van der Waals surface area (Å²) in [5.41, 5.74) is 6.66. The van der Waals surface area contributed by atoms with Crippen LogP contribution in [0.25, 0.3) is 0 Å². The van der Waals surface area contributed by atoms with Gasteiger partial charge in [-0.05, 0) is 30.7 Å². The fraction of sp³-hybridized carbons (Fsp3) is 0.571. The largest absolute Gasteiger partial charge is 0.396 e. The Morgan fingerprint density at radius 3 is 2.80 bits per heavy atom. The topological polar surface area (TPSA) is 62.5 Å². The molecule has 2 aliphatic heterocycles. The summed E-state index contributed by atoms with van der Waals surface area (Å²) in [6.07, 6.45) is 3.97. The first-order valence-corrected chi connectivity index (χ1v) is 8.16. The highest BCUT2D eigenvalue weighted by molar-refractivity contribution is 8.00. The number of nitrogen functional groups attached to an aromatic ring is 1. The quantitative estimate of drug-likeness (QED) is 0.887. The Balaban J connectivity index is 1.59. The lowest BCUT2D eigenvalue weighted by atomic mass is 10.2. The molecule has 0 aliphatic carbocycles. The highest BCUT2D eigenvalue weighted by Gasteiger charge is 2.30. The molecule has 2 fully saturated rings. The van der Waals surface area contributed by atoms with E-state index in [0.29, 0.717) is 11.6 Å². The van der Waals surface area contributed by atoms with E-state index in [1.54, 1.807) is 18.0 Å². The zero-order valence-corrected chi connectivity index (χ0v) is 12.3. The second-order valence-electron chi connectivity index (χ2n) is 5.23. The molecule has 3 heterocycles. The summed E-state index contributed by atoms with van der Waals surface area (Å²) in [6.45, 7) is 3.16. The number of piperazine rings is 1. The van der Waals surface area contributed by atoms with Crippen molar-refractivity contribution in [2.45, 2.75) is 18.1 Å². The van der Waals surface area contributed by atoms with Gasteiger partial charge in [-0.1, -0.05) is 0 Å². The van der Waals surface area contributed by atoms with Crippen molar-refractivity contribution >= 4 is 29.2 Å². The van der Waals surface area contributed by atoms with Crippen molar-refractivity contribution in [2.24, 2.45) is 0 Å². The predicted molar refractivity (Wildman–Crippen MR) is 82.9 cm³/mol. The number of aromatic nitrogens is 1. The summed E-state index contributed by atoms with van der Waals surface area (Å²) in [6, 6.07) is 3.71. The lowest BCUT2D eigenvalue weighted by Crippen LogP contribution is -2.51. The molecule has 2 saturated heterocycles. The summed E-state index contributed by atoms with van der Waals surface area (Å²) in [5, 5.41) is 0.196. The standard InChI is InChI=1S/C14H20N4OS/c15-11-3-1-5-16-13(11)17-6-8-18(9-7-17)14(19)12-4-2-10-20-12/h1,3,5,12H,2,4,6-10,15H2. The van der Waals surface area contributed by atoms with Crippen molar-refractivity contribution in [2.75, 3.05) is 42.6 Å². The number of hydrogen-bond acceptors (Lipinski definition) is 5. The van der Waals surface area contributed by atoms with E-state index in [1.165, 1.54) is 6.42 Å². The molecule has 2 N–H and O–H groups in total. The molecule has 0 aromatic carbocycles. The van der Waals surface area contributed by atoms with Gasteiger partial charge in [0, 0.05) is 32.4 Å². The smallest absolute Gasteiger partial charge is 0.235 e. The number of amides is 1. The zero-order chi connectivity index (χ0) is 13.9. The van der Waals surface area contributed by atoms with Crippen LogP contribution >= 0.6 is 11.8 Å². The summed E-state index contributed by atoms with van der Waals surface area (Å²) >= 11 is 1.81. The molecular weight excluding hydrogens is 272 g/mol. The van der Waals surface area contributed by atoms with E-state index < -0.39 is 0 Å². The van der Waals surface area contributed by atoms with Crippen molar-refractivity contribution in [1.82, 2.24) is 9.88 Å². The Kier molecular flexibility index (Phi) is 4.00. The maximum atomic E-state index is 12.4. The Hall–Kier alpha value is -1.43. The minimum absolute atomic E-state index is 0.196. The number of carbonyl (C=O) groups is 1. The van der Waals surface area contributed by atoms with E-state index >= 15 is 0 Å². The summed E-state index contributed by atoms with van der Waals surface area (Å²) in [7, 11) is 0. The SMILES string of the molecule is Nc1cccnc1N1CCN(C(=O)C2CCCS2)CC1. The molecule has 1 unspecified atom stereocenters. The fourth-order valence-electron chi connectivity index (χ4n) is 2.79. The van der Waals surface area contributed by atoms with E-state index in [4.69, 9.17) is 5.73 Å². The third kappa shape index (κ3) is 2.70. The maximum Gasteiger partial charge on any atom is 0.235 e. The minimum atomic E-state index is 0.196. The van der Waals surface area contributed by atoms with Crippen LogP contribution in [0.4, 0.5) is 11.5 Å². The van der Waals surface area contributed by atoms with E-state index in [9.17, 15) is 4.79 Å². The zero-order valence-electron chi connectivity index (χ0n) is 11.5. The second kappa shape index (κ2) is 5.91. The van der Waals surface area contributed by atoms with Gasteiger partial charge in [0.2, 0.25) is 5.91 Å². The Morgan fingerprint density at radius 2 is 2.15 bits per heavy atom. The van der Waals surface area contributed by atoms with Gasteiger partial charge in [-0.2, -0.15) is 0 Å². The van der Waals surface area contributed by atoms with Crippen molar-refractivity contribution in [3.63, 3.8) is 0 Å². The number of thioether (sulfide) groups is 1. The van der Waals surface area contributed by atoms with Gasteiger partial charge in [0.1, 0.15) is 0 Å². The number of nitrogens with zero attached hydrogens (tertiary/aromatic N) is 3. The molecule has 1 atom stereocenters. The van der Waals surface area contributed by atoms with Gasteiger partial charge in [0.05, 0.1) is 10.9 Å². The highest BCUT2D eigenvalue weighted by Crippen LogP contribution is 2.28. The molecule has 0 saturated carbocycles. The Bertz CT molecular complexity index is 482. The van der Waals surface area contributed by atoms with Gasteiger partial charge in [0.25, 0.3) is 0 Å². The maximum absolute atomic E-state index is 12.4. The van der Waals surface area contributed by atoms with Crippen molar-refractivity contribution < 1.29 is 4.79 Å². The van der Waals surface area contributed by atoms with Crippen LogP contribution in [0.15, 0.2) is 18.3 Å². The normalized spacial score (nSPS) is 23.1. The highest BCUT2D eigenvalue weighted by atomic mass is 32.2. The van der Waals surface area contributed by atoms with E-state index in [2.05, 4.69) is 9.88 Å². The molecule has 2 aliphatic rings. The van der Waals surface area contributed by atoms with Crippen LogP contribution in [-0.2, 0) is 4.79 Å². The number of nitrogens with two attached hydrogens (primary N) is 1. The van der Waals surface area contributed by atoms with Crippen LogP contribution in [0.1, 0.15) is 12.8 Å². The van der Waals surface area contributed by atoms with Crippen LogP contribution in [0.2, 0.25) is 0 Å². The monoisotopic (exact) mass is 292 g/mol. The molecule has 5 nitrogen and oxygen atoms in total. The number of pyridine rings is 1. The second-order valence-corrected chi connectivity index (χ2v) is 6.54. The van der Waals surface area contributed by atoms with Crippen LogP contribution < -0.4 is 10.6 Å². The van der Waals surface area contributed by atoms with E-state index in [0.717, 1.165) is 44.2 Å². The molecular formula is C14H20N4OS. The predicted octanol–water partition coefficient (Wildman–Crippen LogP) is 1.21. The first kappa shape index (κ1) is 13.5.